The zero-order valence-corrected chi connectivity index (χ0v) is 26.0. The van der Waals surface area contributed by atoms with Crippen molar-refractivity contribution in [3.05, 3.63) is 76.4 Å². The van der Waals surface area contributed by atoms with Gasteiger partial charge in [-0.05, 0) is 57.1 Å². The Kier molecular flexibility index (Phi) is 10.1. The monoisotopic (exact) mass is 688 g/mol. The Bertz CT molecular complexity index is 1850. The fourth-order valence-electron chi connectivity index (χ4n) is 4.95. The lowest BCUT2D eigenvalue weighted by atomic mass is 10.0. The summed E-state index contributed by atoms with van der Waals surface area (Å²) in [5.74, 6) is -1.86. The lowest BCUT2D eigenvalue weighted by molar-refractivity contribution is -0.139. The Labute approximate surface area is 263 Å². The van der Waals surface area contributed by atoms with Gasteiger partial charge >= 0.3 is 11.4 Å². The first-order valence-corrected chi connectivity index (χ1v) is 16.1. The Morgan fingerprint density at radius 1 is 1.11 bits per heavy atom. The number of carbonyl (C=O) groups is 2. The van der Waals surface area contributed by atoms with Gasteiger partial charge < -0.3 is 20.9 Å². The number of hydrogen-bond donors (Lipinski definition) is 3. The predicted octanol–water partition coefficient (Wildman–Crippen LogP) is 5.65. The zero-order valence-electron chi connectivity index (χ0n) is 24.3. The molecule has 46 heavy (non-hydrogen) atoms. The van der Waals surface area contributed by atoms with E-state index in [1.165, 1.54) is 48.1 Å². The number of carboxylic acids is 1. The Balaban J connectivity index is 0.00000113. The van der Waals surface area contributed by atoms with Crippen LogP contribution in [0.3, 0.4) is 0 Å². The van der Waals surface area contributed by atoms with E-state index in [-0.39, 0.29) is 45.1 Å². The van der Waals surface area contributed by atoms with Gasteiger partial charge in [-0.25, -0.2) is 13.4 Å². The number of aromatic nitrogens is 2. The molecule has 3 heterocycles. The first-order chi connectivity index (χ1) is 21.4. The minimum atomic E-state index is -4.87. The number of alkyl halides is 5. The van der Waals surface area contributed by atoms with Crippen LogP contribution >= 0.6 is 11.3 Å². The van der Waals surface area contributed by atoms with Crippen molar-refractivity contribution in [3.63, 3.8) is 0 Å². The van der Waals surface area contributed by atoms with Crippen molar-refractivity contribution >= 4 is 44.1 Å². The Morgan fingerprint density at radius 2 is 1.74 bits per heavy atom. The second-order valence-corrected chi connectivity index (χ2v) is 13.6. The summed E-state index contributed by atoms with van der Waals surface area (Å²) in [5.41, 5.74) is 4.10. The zero-order chi connectivity index (χ0) is 34.0. The van der Waals surface area contributed by atoms with Crippen molar-refractivity contribution in [2.24, 2.45) is 5.73 Å². The van der Waals surface area contributed by atoms with Gasteiger partial charge in [-0.2, -0.15) is 22.0 Å². The molecule has 1 fully saturated rings. The molecule has 0 saturated carbocycles. The number of aliphatic carboxylic acids is 1. The van der Waals surface area contributed by atoms with Crippen molar-refractivity contribution in [2.75, 3.05) is 13.1 Å². The highest BCUT2D eigenvalue weighted by atomic mass is 32.2. The lowest BCUT2D eigenvalue weighted by Crippen LogP contribution is -2.42. The number of sulfone groups is 1. The topological polar surface area (TPSA) is 154 Å². The van der Waals surface area contributed by atoms with Gasteiger partial charge in [-0.1, -0.05) is 18.2 Å². The van der Waals surface area contributed by atoms with Gasteiger partial charge in [-0.3, -0.25) is 14.2 Å². The molecular weight excluding hydrogens is 659 g/mol. The summed E-state index contributed by atoms with van der Waals surface area (Å²) in [7, 11) is -4.87. The number of nitrogens with two attached hydrogens (primary N) is 1. The van der Waals surface area contributed by atoms with Gasteiger partial charge in [0.2, 0.25) is 9.84 Å². The van der Waals surface area contributed by atoms with Gasteiger partial charge in [0.15, 0.2) is 0 Å². The van der Waals surface area contributed by atoms with Crippen LogP contribution in [-0.4, -0.2) is 53.3 Å². The molecule has 1 aliphatic heterocycles. The predicted molar refractivity (Wildman–Crippen MR) is 160 cm³/mol. The van der Waals surface area contributed by atoms with Gasteiger partial charge in [0.1, 0.15) is 28.1 Å². The molecule has 1 amide bonds. The molecule has 10 nitrogen and oxygen atoms in total. The summed E-state index contributed by atoms with van der Waals surface area (Å²) in [6.07, 6.45) is -4.36. The molecule has 248 valence electrons. The molecule has 0 bridgehead atoms. The molecule has 0 radical (unpaired) electrons. The molecule has 1 atom stereocenters. The van der Waals surface area contributed by atoms with E-state index in [2.05, 4.69) is 10.3 Å². The number of benzene rings is 2. The summed E-state index contributed by atoms with van der Waals surface area (Å²) in [5, 5.41) is 5.23. The number of halogens is 5. The Morgan fingerprint density at radius 3 is 2.35 bits per heavy atom. The number of fused-ring (bicyclic) bond motifs is 1. The van der Waals surface area contributed by atoms with Crippen LogP contribution < -0.4 is 15.8 Å². The number of piperidine rings is 1. The number of thiophene rings is 1. The van der Waals surface area contributed by atoms with E-state index in [9.17, 15) is 26.4 Å². The fraction of sp³-hybridized carbons (Fsp3) is 0.345. The molecule has 4 N–H and O–H groups in total. The van der Waals surface area contributed by atoms with Crippen LogP contribution in [0.25, 0.3) is 16.0 Å². The van der Waals surface area contributed by atoms with Gasteiger partial charge in [0.05, 0.1) is 21.8 Å². The standard InChI is InChI=1S/C27H25F5N4O4S2.C2H4O2/c1-15(18-4-2-3-5-19(18)26(28,29)30)40-22-13-23(41-24(22)25(33)37)36-14-35-20-7-6-16(12-21(20)36)27(31,32)42(38,39)17-8-10-34-11-9-17;1-2(3)4/h2-7,12-15,17,34H,8-11H2,1H3,(H2,33,37);1H3,(H,3,4)/t15-;/m1./s1. The van der Waals surface area contributed by atoms with Crippen molar-refractivity contribution in [2.45, 2.75) is 49.5 Å². The number of ether oxygens (including phenoxy) is 1. The third-order valence-corrected chi connectivity index (χ3v) is 10.5. The number of nitrogens with zero attached hydrogens (tertiary/aromatic N) is 2. The maximum atomic E-state index is 15.5. The first-order valence-electron chi connectivity index (χ1n) is 13.7. The molecular formula is C29H29F5N4O6S2. The molecule has 4 aromatic rings. The van der Waals surface area contributed by atoms with E-state index in [1.807, 2.05) is 0 Å². The number of carbonyl (C=O) groups excluding carboxylic acids is 1. The van der Waals surface area contributed by atoms with Crippen molar-refractivity contribution in [1.82, 2.24) is 14.9 Å². The molecule has 2 aromatic heterocycles. The smallest absolute Gasteiger partial charge is 0.416 e. The minimum Gasteiger partial charge on any atom is -0.484 e. The Hall–Kier alpha value is -4.09. The van der Waals surface area contributed by atoms with E-state index in [1.54, 1.807) is 0 Å². The van der Waals surface area contributed by atoms with E-state index in [4.69, 9.17) is 20.4 Å². The van der Waals surface area contributed by atoms with Gasteiger partial charge in [0.25, 0.3) is 11.9 Å². The number of imidazole rings is 1. The summed E-state index contributed by atoms with van der Waals surface area (Å²) >= 11 is 0.817. The van der Waals surface area contributed by atoms with E-state index >= 15 is 8.78 Å². The molecule has 0 spiro atoms. The molecule has 5 rings (SSSR count). The van der Waals surface area contributed by atoms with E-state index in [0.29, 0.717) is 13.1 Å². The number of amides is 1. The lowest BCUT2D eigenvalue weighted by Gasteiger charge is -2.27. The van der Waals surface area contributed by atoms with Crippen molar-refractivity contribution < 1.29 is 49.8 Å². The van der Waals surface area contributed by atoms with Crippen molar-refractivity contribution in [1.29, 1.82) is 0 Å². The normalized spacial score (nSPS) is 15.2. The highest BCUT2D eigenvalue weighted by molar-refractivity contribution is 7.92. The van der Waals surface area contributed by atoms with Crippen LogP contribution in [-0.2, 0) is 26.1 Å². The largest absolute Gasteiger partial charge is 0.484 e. The second kappa shape index (κ2) is 13.3. The summed E-state index contributed by atoms with van der Waals surface area (Å²) in [4.78, 5) is 25.3. The SMILES string of the molecule is CC(=O)O.C[C@@H](Oc1cc(-n2cnc3ccc(C(F)(F)S(=O)(=O)C4CCNCC4)cc32)sc1C(N)=O)c1ccccc1C(F)(F)F. The van der Waals surface area contributed by atoms with Crippen LogP contribution in [0.15, 0.2) is 54.9 Å². The maximum absolute atomic E-state index is 15.5. The minimum absolute atomic E-state index is 0.0673. The van der Waals surface area contributed by atoms with Crippen LogP contribution in [0.2, 0.25) is 0 Å². The van der Waals surface area contributed by atoms with Crippen LogP contribution in [0, 0.1) is 0 Å². The summed E-state index contributed by atoms with van der Waals surface area (Å²) < 4.78 is 105. The van der Waals surface area contributed by atoms with Gasteiger partial charge in [-0.15, -0.1) is 11.3 Å². The number of hydrogen-bond acceptors (Lipinski definition) is 8. The second-order valence-electron chi connectivity index (χ2n) is 10.3. The fourth-order valence-corrected chi connectivity index (χ4v) is 7.60. The molecule has 17 heteroatoms. The first kappa shape index (κ1) is 34.8. The molecule has 0 unspecified atom stereocenters. The maximum Gasteiger partial charge on any atom is 0.416 e. The highest BCUT2D eigenvalue weighted by Crippen LogP contribution is 2.42. The molecule has 0 aliphatic carbocycles. The van der Waals surface area contributed by atoms with Crippen LogP contribution in [0.5, 0.6) is 5.75 Å². The van der Waals surface area contributed by atoms with Crippen molar-refractivity contribution in [3.8, 4) is 10.8 Å². The quantitative estimate of drug-likeness (QED) is 0.201. The third-order valence-electron chi connectivity index (χ3n) is 7.12. The van der Waals surface area contributed by atoms with Gasteiger partial charge in [0, 0.05) is 24.1 Å². The highest BCUT2D eigenvalue weighted by Gasteiger charge is 2.51. The van der Waals surface area contributed by atoms with Crippen LogP contribution in [0.1, 0.15) is 59.2 Å². The molecule has 2 aromatic carbocycles. The average Bonchev–Trinajstić information content (AvgIpc) is 3.60. The van der Waals surface area contributed by atoms with Crippen LogP contribution in [0.4, 0.5) is 22.0 Å². The average molecular weight is 689 g/mol. The molecule has 1 aliphatic rings. The van der Waals surface area contributed by atoms with E-state index < -0.39 is 55.6 Å². The number of nitrogens with one attached hydrogen (secondary N) is 1. The third kappa shape index (κ3) is 7.15. The number of rotatable bonds is 8. The summed E-state index contributed by atoms with van der Waals surface area (Å²) in [6, 6.07) is 9.49. The number of carboxylic acid groups (broad SMARTS) is 1. The molecule has 1 saturated heterocycles. The van der Waals surface area contributed by atoms with E-state index in [0.717, 1.165) is 36.5 Å². The summed E-state index contributed by atoms with van der Waals surface area (Å²) in [6.45, 7) is 3.10. The number of primary amides is 1.